The first-order chi connectivity index (χ1) is 23.9. The largest absolute Gasteiger partial charge is 0.382 e. The first-order valence-electron chi connectivity index (χ1n) is 19.2. The highest BCUT2D eigenvalue weighted by Gasteiger charge is 1.97. The molecule has 0 aliphatic carbocycles. The molecule has 0 saturated heterocycles. The van der Waals surface area contributed by atoms with E-state index in [2.05, 4.69) is 6.92 Å². The third kappa shape index (κ3) is 45.6. The molecule has 0 fully saturated rings. The summed E-state index contributed by atoms with van der Waals surface area (Å²) in [7, 11) is 1.65. The summed E-state index contributed by atoms with van der Waals surface area (Å²) in [4.78, 5) is 0. The van der Waals surface area contributed by atoms with Gasteiger partial charge in [-0.05, 0) is 6.42 Å². The standard InChI is InChI=1S/C37H76O11/c1-3-4-5-6-7-8-9-10-11-12-13-14-15-16-17-39-20-21-41-24-25-43-28-29-45-32-33-47-36-37-48-35-34-46-31-30-44-27-26-42-23-22-40-19-18-38-2/h3-37H2,1-2H3. The highest BCUT2D eigenvalue weighted by atomic mass is 16.6. The summed E-state index contributed by atoms with van der Waals surface area (Å²) in [5.41, 5.74) is 0. The average Bonchev–Trinajstić information content (AvgIpc) is 3.10. The molecule has 0 aromatic rings. The van der Waals surface area contributed by atoms with Gasteiger partial charge in [-0.3, -0.25) is 0 Å². The summed E-state index contributed by atoms with van der Waals surface area (Å²) in [6.45, 7) is 14.2. The molecule has 0 radical (unpaired) electrons. The molecule has 0 bridgehead atoms. The first-order valence-corrected chi connectivity index (χ1v) is 19.2. The molecule has 0 unspecified atom stereocenters. The Morgan fingerprint density at radius 1 is 0.208 bits per heavy atom. The zero-order valence-corrected chi connectivity index (χ0v) is 31.2. The van der Waals surface area contributed by atoms with Gasteiger partial charge in [-0.25, -0.2) is 0 Å². The van der Waals surface area contributed by atoms with Crippen LogP contribution in [0.1, 0.15) is 96.8 Å². The van der Waals surface area contributed by atoms with E-state index in [-0.39, 0.29) is 0 Å². The van der Waals surface area contributed by atoms with E-state index < -0.39 is 0 Å². The highest BCUT2D eigenvalue weighted by Crippen LogP contribution is 2.13. The molecule has 0 N–H and O–H groups in total. The molecule has 48 heavy (non-hydrogen) atoms. The van der Waals surface area contributed by atoms with Crippen LogP contribution in [0.2, 0.25) is 0 Å². The molecular formula is C37H76O11. The predicted molar refractivity (Wildman–Crippen MR) is 190 cm³/mol. The van der Waals surface area contributed by atoms with Crippen molar-refractivity contribution in [1.82, 2.24) is 0 Å². The topological polar surface area (TPSA) is 102 Å². The lowest BCUT2D eigenvalue weighted by atomic mass is 10.0. The van der Waals surface area contributed by atoms with Crippen molar-refractivity contribution in [2.45, 2.75) is 96.8 Å². The smallest absolute Gasteiger partial charge is 0.0701 e. The van der Waals surface area contributed by atoms with E-state index in [0.717, 1.165) is 13.0 Å². The molecular weight excluding hydrogens is 620 g/mol. The lowest BCUT2D eigenvalue weighted by molar-refractivity contribution is -0.0271. The Labute approximate surface area is 294 Å². The zero-order valence-electron chi connectivity index (χ0n) is 31.2. The van der Waals surface area contributed by atoms with Gasteiger partial charge in [0.1, 0.15) is 0 Å². The second-order valence-electron chi connectivity index (χ2n) is 11.7. The first kappa shape index (κ1) is 47.6. The van der Waals surface area contributed by atoms with Gasteiger partial charge < -0.3 is 52.1 Å². The van der Waals surface area contributed by atoms with Gasteiger partial charge in [0.15, 0.2) is 0 Å². The van der Waals surface area contributed by atoms with Crippen LogP contribution in [0.4, 0.5) is 0 Å². The minimum absolute atomic E-state index is 0.527. The van der Waals surface area contributed by atoms with E-state index in [1.54, 1.807) is 7.11 Å². The molecule has 0 aromatic heterocycles. The SMILES string of the molecule is CCCCCCCCCCCCCCCCOCCOCCOCCOCCOCCOCCOCCOCCOCCOCCOC. The van der Waals surface area contributed by atoms with Crippen molar-refractivity contribution < 1.29 is 52.1 Å². The Morgan fingerprint density at radius 2 is 0.396 bits per heavy atom. The number of methoxy groups -OCH3 is 1. The summed E-state index contributed by atoms with van der Waals surface area (Å²) in [5, 5.41) is 0. The van der Waals surface area contributed by atoms with E-state index in [9.17, 15) is 0 Å². The monoisotopic (exact) mass is 697 g/mol. The summed E-state index contributed by atoms with van der Waals surface area (Å²) in [6.07, 6.45) is 19.3. The minimum atomic E-state index is 0.527. The van der Waals surface area contributed by atoms with Gasteiger partial charge in [0.25, 0.3) is 0 Å². The second kappa shape index (κ2) is 46.6. The lowest BCUT2D eigenvalue weighted by Crippen LogP contribution is -2.15. The van der Waals surface area contributed by atoms with Gasteiger partial charge >= 0.3 is 0 Å². The number of hydrogen-bond acceptors (Lipinski definition) is 11. The van der Waals surface area contributed by atoms with Gasteiger partial charge in [0, 0.05) is 13.7 Å². The van der Waals surface area contributed by atoms with Crippen LogP contribution in [-0.2, 0) is 52.1 Å². The van der Waals surface area contributed by atoms with Crippen LogP contribution in [0.25, 0.3) is 0 Å². The number of hydrogen-bond donors (Lipinski definition) is 0. The molecule has 0 amide bonds. The van der Waals surface area contributed by atoms with E-state index >= 15 is 0 Å². The Balaban J connectivity index is 3.04. The van der Waals surface area contributed by atoms with Crippen molar-refractivity contribution in [3.63, 3.8) is 0 Å². The van der Waals surface area contributed by atoms with Crippen molar-refractivity contribution in [1.29, 1.82) is 0 Å². The molecule has 0 rings (SSSR count). The van der Waals surface area contributed by atoms with Crippen LogP contribution in [0.3, 0.4) is 0 Å². The Kier molecular flexibility index (Phi) is 46.1. The van der Waals surface area contributed by atoms with Gasteiger partial charge in [-0.2, -0.15) is 0 Å². The average molecular weight is 697 g/mol. The molecule has 11 nitrogen and oxygen atoms in total. The minimum Gasteiger partial charge on any atom is -0.382 e. The van der Waals surface area contributed by atoms with Crippen LogP contribution in [-0.4, -0.2) is 146 Å². The van der Waals surface area contributed by atoms with Gasteiger partial charge in [0.05, 0.1) is 132 Å². The molecule has 0 aliphatic heterocycles. The van der Waals surface area contributed by atoms with Crippen molar-refractivity contribution in [2.24, 2.45) is 0 Å². The van der Waals surface area contributed by atoms with Crippen LogP contribution in [0, 0.1) is 0 Å². The van der Waals surface area contributed by atoms with Crippen molar-refractivity contribution >= 4 is 0 Å². The number of ether oxygens (including phenoxy) is 11. The Bertz CT molecular complexity index is 499. The molecule has 0 saturated carbocycles. The van der Waals surface area contributed by atoms with Crippen LogP contribution >= 0.6 is 0 Å². The molecule has 0 aliphatic rings. The van der Waals surface area contributed by atoms with E-state index in [1.807, 2.05) is 0 Å². The quantitative estimate of drug-likeness (QED) is 0.0673. The van der Waals surface area contributed by atoms with Crippen LogP contribution in [0.15, 0.2) is 0 Å². The molecule has 0 heterocycles. The van der Waals surface area contributed by atoms with Crippen molar-refractivity contribution in [3.8, 4) is 0 Å². The van der Waals surface area contributed by atoms with E-state index in [0.29, 0.717) is 132 Å². The van der Waals surface area contributed by atoms with Gasteiger partial charge in [0.2, 0.25) is 0 Å². The summed E-state index contributed by atoms with van der Waals surface area (Å²) in [5.74, 6) is 0. The Hall–Kier alpha value is -0.440. The molecule has 290 valence electrons. The maximum Gasteiger partial charge on any atom is 0.0701 e. The normalized spacial score (nSPS) is 11.6. The summed E-state index contributed by atoms with van der Waals surface area (Å²) >= 11 is 0. The van der Waals surface area contributed by atoms with Crippen LogP contribution < -0.4 is 0 Å². The fraction of sp³-hybridized carbons (Fsp3) is 1.00. The highest BCUT2D eigenvalue weighted by molar-refractivity contribution is 4.49. The second-order valence-corrected chi connectivity index (χ2v) is 11.7. The summed E-state index contributed by atoms with van der Waals surface area (Å²) in [6, 6.07) is 0. The number of rotatable bonds is 45. The van der Waals surface area contributed by atoms with Gasteiger partial charge in [-0.15, -0.1) is 0 Å². The molecule has 0 spiro atoms. The third-order valence-electron chi connectivity index (χ3n) is 7.42. The predicted octanol–water partition coefficient (Wildman–Crippen LogP) is 6.28. The third-order valence-corrected chi connectivity index (χ3v) is 7.42. The van der Waals surface area contributed by atoms with Crippen LogP contribution in [0.5, 0.6) is 0 Å². The fourth-order valence-corrected chi connectivity index (χ4v) is 4.62. The maximum atomic E-state index is 5.68. The maximum absolute atomic E-state index is 5.68. The molecule has 11 heteroatoms. The molecule has 0 atom stereocenters. The van der Waals surface area contributed by atoms with Gasteiger partial charge in [-0.1, -0.05) is 90.4 Å². The lowest BCUT2D eigenvalue weighted by Gasteiger charge is -2.09. The van der Waals surface area contributed by atoms with Crippen molar-refractivity contribution in [2.75, 3.05) is 146 Å². The number of unbranched alkanes of at least 4 members (excludes halogenated alkanes) is 13. The fourth-order valence-electron chi connectivity index (χ4n) is 4.62. The van der Waals surface area contributed by atoms with E-state index in [1.165, 1.54) is 83.5 Å². The van der Waals surface area contributed by atoms with Crippen molar-refractivity contribution in [3.05, 3.63) is 0 Å². The summed E-state index contributed by atoms with van der Waals surface area (Å²) < 4.78 is 59.8. The Morgan fingerprint density at radius 3 is 0.625 bits per heavy atom. The zero-order chi connectivity index (χ0) is 34.5. The van der Waals surface area contributed by atoms with E-state index in [4.69, 9.17) is 52.1 Å². The molecule has 0 aromatic carbocycles.